The van der Waals surface area contributed by atoms with Crippen molar-refractivity contribution in [3.63, 3.8) is 0 Å². The lowest BCUT2D eigenvalue weighted by Crippen LogP contribution is -2.39. The SMILES string of the molecule is CCNC(CSc1cccc(Cl)c1)C1CCCCC1. The van der Waals surface area contributed by atoms with Gasteiger partial charge in [-0.3, -0.25) is 0 Å². The zero-order valence-electron chi connectivity index (χ0n) is 11.7. The molecule has 1 atom stereocenters. The van der Waals surface area contributed by atoms with Crippen LogP contribution in [-0.4, -0.2) is 18.3 Å². The summed E-state index contributed by atoms with van der Waals surface area (Å²) in [7, 11) is 0. The molecule has 19 heavy (non-hydrogen) atoms. The van der Waals surface area contributed by atoms with Gasteiger partial charge < -0.3 is 5.32 Å². The molecule has 0 amide bonds. The molecule has 0 spiro atoms. The van der Waals surface area contributed by atoms with Crippen molar-refractivity contribution in [1.82, 2.24) is 5.32 Å². The van der Waals surface area contributed by atoms with Crippen molar-refractivity contribution in [2.75, 3.05) is 12.3 Å². The van der Waals surface area contributed by atoms with Gasteiger partial charge in [0.1, 0.15) is 0 Å². The van der Waals surface area contributed by atoms with E-state index in [4.69, 9.17) is 11.6 Å². The maximum Gasteiger partial charge on any atom is 0.0417 e. The second-order valence-corrected chi connectivity index (χ2v) is 6.86. The van der Waals surface area contributed by atoms with Crippen LogP contribution in [0.4, 0.5) is 0 Å². The van der Waals surface area contributed by atoms with Crippen molar-refractivity contribution in [2.24, 2.45) is 5.92 Å². The van der Waals surface area contributed by atoms with Crippen LogP contribution in [0.2, 0.25) is 5.02 Å². The highest BCUT2D eigenvalue weighted by atomic mass is 35.5. The first-order chi connectivity index (χ1) is 9.29. The minimum absolute atomic E-state index is 0.647. The molecule has 3 heteroatoms. The molecular formula is C16H24ClNS. The van der Waals surface area contributed by atoms with E-state index < -0.39 is 0 Å². The Labute approximate surface area is 126 Å². The lowest BCUT2D eigenvalue weighted by atomic mass is 9.84. The summed E-state index contributed by atoms with van der Waals surface area (Å²) >= 11 is 7.97. The van der Waals surface area contributed by atoms with E-state index in [9.17, 15) is 0 Å². The quantitative estimate of drug-likeness (QED) is 0.742. The lowest BCUT2D eigenvalue weighted by Gasteiger charge is -2.30. The summed E-state index contributed by atoms with van der Waals surface area (Å²) < 4.78 is 0. The number of halogens is 1. The highest BCUT2D eigenvalue weighted by Gasteiger charge is 2.22. The van der Waals surface area contributed by atoms with Gasteiger partial charge in [0.15, 0.2) is 0 Å². The minimum Gasteiger partial charge on any atom is -0.313 e. The smallest absolute Gasteiger partial charge is 0.0417 e. The average Bonchev–Trinajstić information content (AvgIpc) is 2.44. The van der Waals surface area contributed by atoms with Crippen molar-refractivity contribution in [2.45, 2.75) is 50.0 Å². The molecule has 1 aliphatic rings. The highest BCUT2D eigenvalue weighted by Crippen LogP contribution is 2.30. The van der Waals surface area contributed by atoms with Crippen LogP contribution in [0.3, 0.4) is 0 Å². The molecule has 1 aliphatic carbocycles. The van der Waals surface area contributed by atoms with Gasteiger partial charge in [-0.25, -0.2) is 0 Å². The summed E-state index contributed by atoms with van der Waals surface area (Å²) in [5.41, 5.74) is 0. The highest BCUT2D eigenvalue weighted by molar-refractivity contribution is 7.99. The van der Waals surface area contributed by atoms with E-state index in [0.29, 0.717) is 6.04 Å². The second kappa shape index (κ2) is 8.18. The maximum absolute atomic E-state index is 6.04. The summed E-state index contributed by atoms with van der Waals surface area (Å²) in [4.78, 5) is 1.28. The Balaban J connectivity index is 1.89. The number of benzene rings is 1. The monoisotopic (exact) mass is 297 g/mol. The first kappa shape index (κ1) is 15.2. The molecule has 1 aromatic rings. The molecule has 0 heterocycles. The number of hydrogen-bond donors (Lipinski definition) is 1. The molecule has 1 N–H and O–H groups in total. The third kappa shape index (κ3) is 5.02. The third-order valence-corrected chi connectivity index (χ3v) is 5.26. The molecule has 0 radical (unpaired) electrons. The molecule has 0 bridgehead atoms. The molecule has 1 nitrogen and oxygen atoms in total. The van der Waals surface area contributed by atoms with Crippen LogP contribution in [0.15, 0.2) is 29.2 Å². The molecule has 0 saturated heterocycles. The van der Waals surface area contributed by atoms with Crippen molar-refractivity contribution < 1.29 is 0 Å². The predicted octanol–water partition coefficient (Wildman–Crippen LogP) is 4.99. The summed E-state index contributed by atoms with van der Waals surface area (Å²) in [6.07, 6.45) is 7.04. The van der Waals surface area contributed by atoms with E-state index in [1.54, 1.807) is 0 Å². The van der Waals surface area contributed by atoms with Gasteiger partial charge >= 0.3 is 0 Å². The average molecular weight is 298 g/mol. The topological polar surface area (TPSA) is 12.0 Å². The zero-order valence-corrected chi connectivity index (χ0v) is 13.3. The van der Waals surface area contributed by atoms with E-state index in [0.717, 1.165) is 23.2 Å². The van der Waals surface area contributed by atoms with E-state index in [1.807, 2.05) is 23.9 Å². The van der Waals surface area contributed by atoms with E-state index in [-0.39, 0.29) is 0 Å². The first-order valence-electron chi connectivity index (χ1n) is 7.41. The molecule has 1 aromatic carbocycles. The Hall–Kier alpha value is -0.180. The minimum atomic E-state index is 0.647. The largest absolute Gasteiger partial charge is 0.313 e. The zero-order chi connectivity index (χ0) is 13.5. The van der Waals surface area contributed by atoms with Crippen molar-refractivity contribution in [1.29, 1.82) is 0 Å². The fraction of sp³-hybridized carbons (Fsp3) is 0.625. The van der Waals surface area contributed by atoms with Crippen LogP contribution in [0.1, 0.15) is 39.0 Å². The lowest BCUT2D eigenvalue weighted by molar-refractivity contribution is 0.288. The molecule has 106 valence electrons. The Morgan fingerprint density at radius 1 is 1.32 bits per heavy atom. The van der Waals surface area contributed by atoms with Gasteiger partial charge in [0.25, 0.3) is 0 Å². The van der Waals surface area contributed by atoms with Crippen molar-refractivity contribution in [3.8, 4) is 0 Å². The van der Waals surface area contributed by atoms with Gasteiger partial charge in [-0.1, -0.05) is 43.9 Å². The molecular weight excluding hydrogens is 274 g/mol. The molecule has 0 aliphatic heterocycles. The summed E-state index contributed by atoms with van der Waals surface area (Å²) in [5, 5.41) is 4.52. The van der Waals surface area contributed by atoms with E-state index in [2.05, 4.69) is 24.4 Å². The summed E-state index contributed by atoms with van der Waals surface area (Å²) in [6, 6.07) is 8.84. The first-order valence-corrected chi connectivity index (χ1v) is 8.77. The van der Waals surface area contributed by atoms with Crippen LogP contribution in [0.5, 0.6) is 0 Å². The van der Waals surface area contributed by atoms with Crippen LogP contribution < -0.4 is 5.32 Å². The number of thioether (sulfide) groups is 1. The van der Waals surface area contributed by atoms with Gasteiger partial charge in [0.05, 0.1) is 0 Å². The Bertz CT molecular complexity index is 377. The second-order valence-electron chi connectivity index (χ2n) is 5.33. The number of rotatable bonds is 6. The molecule has 1 unspecified atom stereocenters. The molecule has 1 fully saturated rings. The maximum atomic E-state index is 6.04. The van der Waals surface area contributed by atoms with Crippen LogP contribution >= 0.6 is 23.4 Å². The molecule has 2 rings (SSSR count). The number of nitrogens with one attached hydrogen (secondary N) is 1. The Morgan fingerprint density at radius 2 is 2.11 bits per heavy atom. The normalized spacial score (nSPS) is 18.4. The van der Waals surface area contributed by atoms with Crippen molar-refractivity contribution >= 4 is 23.4 Å². The van der Waals surface area contributed by atoms with E-state index in [1.165, 1.54) is 37.0 Å². The molecule has 1 saturated carbocycles. The molecule has 0 aromatic heterocycles. The van der Waals surface area contributed by atoms with Gasteiger partial charge in [-0.15, -0.1) is 11.8 Å². The van der Waals surface area contributed by atoms with Gasteiger partial charge in [-0.05, 0) is 43.5 Å². The Kier molecular flexibility index (Phi) is 6.55. The summed E-state index contributed by atoms with van der Waals surface area (Å²) in [5.74, 6) is 2.01. The van der Waals surface area contributed by atoms with E-state index >= 15 is 0 Å². The number of hydrogen-bond acceptors (Lipinski definition) is 2. The van der Waals surface area contributed by atoms with Gasteiger partial charge in [0.2, 0.25) is 0 Å². The van der Waals surface area contributed by atoms with Crippen LogP contribution in [0.25, 0.3) is 0 Å². The Morgan fingerprint density at radius 3 is 2.79 bits per heavy atom. The third-order valence-electron chi connectivity index (χ3n) is 3.91. The van der Waals surface area contributed by atoms with Gasteiger partial charge in [-0.2, -0.15) is 0 Å². The summed E-state index contributed by atoms with van der Waals surface area (Å²) in [6.45, 7) is 3.27. The standard InChI is InChI=1S/C16H24ClNS/c1-2-18-16(13-7-4-3-5-8-13)12-19-15-10-6-9-14(17)11-15/h6,9-11,13,16,18H,2-5,7-8,12H2,1H3. The predicted molar refractivity (Wildman–Crippen MR) is 86.2 cm³/mol. The fourth-order valence-electron chi connectivity index (χ4n) is 2.90. The van der Waals surface area contributed by atoms with Gasteiger partial charge in [0, 0.05) is 21.7 Å². The fourth-order valence-corrected chi connectivity index (χ4v) is 4.31. The van der Waals surface area contributed by atoms with Crippen LogP contribution in [-0.2, 0) is 0 Å². The van der Waals surface area contributed by atoms with Crippen molar-refractivity contribution in [3.05, 3.63) is 29.3 Å². The van der Waals surface area contributed by atoms with Crippen LogP contribution in [0, 0.1) is 5.92 Å².